The average molecular weight is 199 g/mol. The Morgan fingerprint density at radius 1 is 1.07 bits per heavy atom. The van der Waals surface area contributed by atoms with Crippen LogP contribution in [0.5, 0.6) is 0 Å². The van der Waals surface area contributed by atoms with Crippen molar-refractivity contribution in [2.24, 2.45) is 0 Å². The third-order valence-electron chi connectivity index (χ3n) is 2.30. The van der Waals surface area contributed by atoms with E-state index in [0.29, 0.717) is 12.1 Å². The molecule has 0 spiro atoms. The van der Waals surface area contributed by atoms with Crippen LogP contribution in [0.1, 0.15) is 34.1 Å². The average Bonchev–Trinajstić information content (AvgIpc) is 2.09. The molecule has 14 heavy (non-hydrogen) atoms. The summed E-state index contributed by atoms with van der Waals surface area (Å²) in [4.78, 5) is 2.46. The molecule has 2 nitrogen and oxygen atoms in total. The zero-order chi connectivity index (χ0) is 11.0. The minimum atomic E-state index is 0.613. The molecule has 0 atom stereocenters. The fraction of sp³-hybridized carbons (Fsp3) is 0.833. The number of methoxy groups -OCH3 is 1. The third-order valence-corrected chi connectivity index (χ3v) is 2.30. The smallest absolute Gasteiger partial charge is 0.0496 e. The first kappa shape index (κ1) is 13.7. The molecule has 0 aromatic rings. The van der Waals surface area contributed by atoms with Gasteiger partial charge in [-0.25, -0.2) is 0 Å². The lowest BCUT2D eigenvalue weighted by atomic mass is 10.2. The predicted octanol–water partition coefficient (Wildman–Crippen LogP) is 2.70. The molecule has 0 aliphatic heterocycles. The lowest BCUT2D eigenvalue weighted by molar-refractivity contribution is 0.194. The predicted molar refractivity (Wildman–Crippen MR) is 62.6 cm³/mol. The van der Waals surface area contributed by atoms with E-state index in [9.17, 15) is 0 Å². The molecule has 0 aliphatic rings. The number of hydrogen-bond donors (Lipinski definition) is 0. The van der Waals surface area contributed by atoms with Gasteiger partial charge in [-0.05, 0) is 34.1 Å². The minimum absolute atomic E-state index is 0.613. The van der Waals surface area contributed by atoms with Crippen molar-refractivity contribution in [2.45, 2.75) is 46.2 Å². The van der Waals surface area contributed by atoms with Gasteiger partial charge < -0.3 is 4.74 Å². The molecule has 0 bridgehead atoms. The number of hydrogen-bond acceptors (Lipinski definition) is 2. The van der Waals surface area contributed by atoms with Crippen molar-refractivity contribution in [1.82, 2.24) is 4.90 Å². The molecule has 0 saturated carbocycles. The van der Waals surface area contributed by atoms with Crippen LogP contribution in [-0.4, -0.2) is 37.2 Å². The first-order valence-corrected chi connectivity index (χ1v) is 5.49. The van der Waals surface area contributed by atoms with Crippen LogP contribution in [-0.2, 0) is 4.74 Å². The highest BCUT2D eigenvalue weighted by molar-refractivity contribution is 4.86. The van der Waals surface area contributed by atoms with E-state index >= 15 is 0 Å². The molecule has 0 fully saturated rings. The van der Waals surface area contributed by atoms with E-state index in [1.807, 2.05) is 0 Å². The fourth-order valence-electron chi connectivity index (χ4n) is 1.52. The number of rotatable bonds is 7. The first-order valence-electron chi connectivity index (χ1n) is 5.49. The highest BCUT2D eigenvalue weighted by atomic mass is 16.5. The van der Waals surface area contributed by atoms with E-state index in [1.54, 1.807) is 7.11 Å². The molecule has 0 heterocycles. The third kappa shape index (κ3) is 6.17. The summed E-state index contributed by atoms with van der Waals surface area (Å²) in [6.45, 7) is 10.8. The summed E-state index contributed by atoms with van der Waals surface area (Å²) >= 11 is 0. The van der Waals surface area contributed by atoms with Crippen molar-refractivity contribution < 1.29 is 4.74 Å². The Bertz CT molecular complexity index is 144. The van der Waals surface area contributed by atoms with Crippen LogP contribution < -0.4 is 0 Å². The van der Waals surface area contributed by atoms with Gasteiger partial charge in [0.2, 0.25) is 0 Å². The van der Waals surface area contributed by atoms with Crippen molar-refractivity contribution >= 4 is 0 Å². The normalized spacial score (nSPS) is 12.6. The summed E-state index contributed by atoms with van der Waals surface area (Å²) < 4.78 is 4.98. The van der Waals surface area contributed by atoms with Crippen LogP contribution in [0.4, 0.5) is 0 Å². The molecule has 0 aromatic heterocycles. The summed E-state index contributed by atoms with van der Waals surface area (Å²) in [7, 11) is 1.74. The molecule has 0 aromatic carbocycles. The maximum atomic E-state index is 4.98. The van der Waals surface area contributed by atoms with Gasteiger partial charge in [0.1, 0.15) is 0 Å². The van der Waals surface area contributed by atoms with Crippen molar-refractivity contribution in [3.8, 4) is 0 Å². The SMILES string of the molecule is COCC/C=C\CN(C(C)C)C(C)C. The van der Waals surface area contributed by atoms with Crippen LogP contribution in [0.15, 0.2) is 12.2 Å². The highest BCUT2D eigenvalue weighted by Crippen LogP contribution is 2.04. The van der Waals surface area contributed by atoms with Crippen molar-refractivity contribution in [3.05, 3.63) is 12.2 Å². The molecule has 0 N–H and O–H groups in total. The van der Waals surface area contributed by atoms with Crippen molar-refractivity contribution in [1.29, 1.82) is 0 Å². The monoisotopic (exact) mass is 199 g/mol. The summed E-state index contributed by atoms with van der Waals surface area (Å²) in [5.74, 6) is 0. The van der Waals surface area contributed by atoms with Crippen molar-refractivity contribution in [3.63, 3.8) is 0 Å². The molecule has 2 heteroatoms. The van der Waals surface area contributed by atoms with Crippen LogP contribution >= 0.6 is 0 Å². The Balaban J connectivity index is 3.76. The molecule has 0 amide bonds. The molecular formula is C12H25NO. The Kier molecular flexibility index (Phi) is 7.81. The fourth-order valence-corrected chi connectivity index (χ4v) is 1.52. The van der Waals surface area contributed by atoms with E-state index < -0.39 is 0 Å². The van der Waals surface area contributed by atoms with Gasteiger partial charge in [-0.2, -0.15) is 0 Å². The van der Waals surface area contributed by atoms with E-state index in [-0.39, 0.29) is 0 Å². The van der Waals surface area contributed by atoms with Crippen LogP contribution in [0.2, 0.25) is 0 Å². The van der Waals surface area contributed by atoms with Gasteiger partial charge in [-0.15, -0.1) is 0 Å². The van der Waals surface area contributed by atoms with Crippen molar-refractivity contribution in [2.75, 3.05) is 20.3 Å². The van der Waals surface area contributed by atoms with Gasteiger partial charge in [-0.3, -0.25) is 4.90 Å². The highest BCUT2D eigenvalue weighted by Gasteiger charge is 2.10. The largest absolute Gasteiger partial charge is 0.384 e. The minimum Gasteiger partial charge on any atom is -0.384 e. The first-order chi connectivity index (χ1) is 6.59. The maximum Gasteiger partial charge on any atom is 0.0496 e. The molecule has 0 radical (unpaired) electrons. The lowest BCUT2D eigenvalue weighted by Crippen LogP contribution is -2.36. The Hall–Kier alpha value is -0.340. The second-order valence-corrected chi connectivity index (χ2v) is 4.14. The Morgan fingerprint density at radius 3 is 2.07 bits per heavy atom. The standard InChI is InChI=1S/C12H25NO/c1-11(2)13(12(3)4)9-7-6-8-10-14-5/h6-7,11-12H,8-10H2,1-5H3/b7-6-. The zero-order valence-corrected chi connectivity index (χ0v) is 10.3. The van der Waals surface area contributed by atoms with Gasteiger partial charge in [-0.1, -0.05) is 12.2 Å². The van der Waals surface area contributed by atoms with E-state index in [4.69, 9.17) is 4.74 Å². The van der Waals surface area contributed by atoms with Gasteiger partial charge in [0.05, 0.1) is 0 Å². The summed E-state index contributed by atoms with van der Waals surface area (Å²) in [6.07, 6.45) is 5.45. The van der Waals surface area contributed by atoms with E-state index in [1.165, 1.54) is 0 Å². The molecule has 0 rings (SSSR count). The van der Waals surface area contributed by atoms with Gasteiger partial charge in [0, 0.05) is 32.3 Å². The topological polar surface area (TPSA) is 12.5 Å². The number of nitrogens with zero attached hydrogens (tertiary/aromatic N) is 1. The van der Waals surface area contributed by atoms with Crippen LogP contribution in [0.3, 0.4) is 0 Å². The van der Waals surface area contributed by atoms with Crippen LogP contribution in [0, 0.1) is 0 Å². The Morgan fingerprint density at radius 2 is 1.64 bits per heavy atom. The zero-order valence-electron chi connectivity index (χ0n) is 10.3. The summed E-state index contributed by atoms with van der Waals surface area (Å²) in [5.41, 5.74) is 0. The second kappa shape index (κ2) is 8.01. The molecule has 0 aliphatic carbocycles. The Labute approximate surface area is 88.9 Å². The van der Waals surface area contributed by atoms with E-state index in [2.05, 4.69) is 44.7 Å². The molecular weight excluding hydrogens is 174 g/mol. The van der Waals surface area contributed by atoms with Gasteiger partial charge >= 0.3 is 0 Å². The second-order valence-electron chi connectivity index (χ2n) is 4.14. The molecule has 0 saturated heterocycles. The van der Waals surface area contributed by atoms with Gasteiger partial charge in [0.15, 0.2) is 0 Å². The molecule has 84 valence electrons. The summed E-state index contributed by atoms with van der Waals surface area (Å²) in [5, 5.41) is 0. The van der Waals surface area contributed by atoms with Crippen LogP contribution in [0.25, 0.3) is 0 Å². The van der Waals surface area contributed by atoms with Gasteiger partial charge in [0.25, 0.3) is 0 Å². The summed E-state index contributed by atoms with van der Waals surface area (Å²) in [6, 6.07) is 1.23. The quantitative estimate of drug-likeness (QED) is 0.462. The lowest BCUT2D eigenvalue weighted by Gasteiger charge is -2.29. The van der Waals surface area contributed by atoms with E-state index in [0.717, 1.165) is 19.6 Å². The maximum absolute atomic E-state index is 4.98. The molecule has 0 unspecified atom stereocenters. The number of ether oxygens (including phenoxy) is 1.